The number of carbonyl (C=O) groups is 1. The molecule has 0 saturated heterocycles. The predicted molar refractivity (Wildman–Crippen MR) is 108 cm³/mol. The molecule has 1 atom stereocenters. The second-order valence-electron chi connectivity index (χ2n) is 6.37. The minimum atomic E-state index is -0.201. The monoisotopic (exact) mass is 361 g/mol. The fourth-order valence-electron chi connectivity index (χ4n) is 2.77. The van der Waals surface area contributed by atoms with Crippen molar-refractivity contribution in [3.8, 4) is 0 Å². The number of amides is 1. The van der Waals surface area contributed by atoms with Crippen molar-refractivity contribution < 1.29 is 9.90 Å². The molecule has 0 fully saturated rings. The van der Waals surface area contributed by atoms with Crippen LogP contribution < -0.4 is 10.6 Å². The summed E-state index contributed by atoms with van der Waals surface area (Å²) in [4.78, 5) is 16.7. The van der Waals surface area contributed by atoms with E-state index in [4.69, 9.17) is 0 Å². The van der Waals surface area contributed by atoms with E-state index in [-0.39, 0.29) is 18.6 Å². The van der Waals surface area contributed by atoms with Gasteiger partial charge < -0.3 is 15.7 Å². The number of hydrogen-bond acceptors (Lipinski definition) is 4. The molecule has 138 valence electrons. The van der Waals surface area contributed by atoms with Crippen molar-refractivity contribution in [2.24, 2.45) is 0 Å². The summed E-state index contributed by atoms with van der Waals surface area (Å²) in [6.07, 6.45) is 2.12. The molecule has 0 aliphatic carbocycles. The van der Waals surface area contributed by atoms with E-state index in [0.717, 1.165) is 16.8 Å². The number of benzene rings is 2. The van der Waals surface area contributed by atoms with E-state index >= 15 is 0 Å². The van der Waals surface area contributed by atoms with Gasteiger partial charge in [-0.1, -0.05) is 48.0 Å². The summed E-state index contributed by atoms with van der Waals surface area (Å²) in [6.45, 7) is 2.07. The van der Waals surface area contributed by atoms with Gasteiger partial charge in [-0.05, 0) is 43.2 Å². The van der Waals surface area contributed by atoms with E-state index in [0.29, 0.717) is 17.8 Å². The quantitative estimate of drug-likeness (QED) is 0.590. The average molecular weight is 361 g/mol. The number of anilines is 2. The van der Waals surface area contributed by atoms with Gasteiger partial charge in [-0.3, -0.25) is 4.79 Å². The van der Waals surface area contributed by atoms with Gasteiger partial charge in [0.1, 0.15) is 5.82 Å². The summed E-state index contributed by atoms with van der Waals surface area (Å²) in [5, 5.41) is 15.5. The summed E-state index contributed by atoms with van der Waals surface area (Å²) in [5.74, 6) is 0.456. The van der Waals surface area contributed by atoms with Crippen LogP contribution in [0.4, 0.5) is 11.5 Å². The number of hydrogen-bond donors (Lipinski definition) is 3. The van der Waals surface area contributed by atoms with Crippen molar-refractivity contribution in [2.75, 3.05) is 17.2 Å². The highest BCUT2D eigenvalue weighted by Gasteiger charge is 2.12. The number of aliphatic hydroxyl groups is 1. The number of aryl methyl sites for hydroxylation is 1. The molecule has 0 spiro atoms. The molecule has 2 aromatic carbocycles. The topological polar surface area (TPSA) is 74.2 Å². The zero-order valence-corrected chi connectivity index (χ0v) is 15.2. The Bertz CT molecular complexity index is 862. The predicted octanol–water partition coefficient (Wildman–Crippen LogP) is 4.18. The van der Waals surface area contributed by atoms with E-state index in [1.165, 1.54) is 0 Å². The molecule has 3 N–H and O–H groups in total. The van der Waals surface area contributed by atoms with E-state index < -0.39 is 0 Å². The van der Waals surface area contributed by atoms with Crippen LogP contribution in [0.5, 0.6) is 0 Å². The zero-order valence-electron chi connectivity index (χ0n) is 15.2. The molecule has 5 heteroatoms. The Morgan fingerprint density at radius 2 is 1.78 bits per heavy atom. The number of rotatable bonds is 7. The average Bonchev–Trinajstić information content (AvgIpc) is 2.70. The molecule has 1 aromatic heterocycles. The maximum Gasteiger partial charge on any atom is 0.257 e. The Morgan fingerprint density at radius 3 is 2.41 bits per heavy atom. The van der Waals surface area contributed by atoms with Gasteiger partial charge in [0.05, 0.1) is 11.6 Å². The van der Waals surface area contributed by atoms with Crippen LogP contribution in [-0.2, 0) is 0 Å². The highest BCUT2D eigenvalue weighted by Crippen LogP contribution is 2.21. The Kier molecular flexibility index (Phi) is 6.18. The van der Waals surface area contributed by atoms with Crippen LogP contribution in [0.15, 0.2) is 72.9 Å². The standard InChI is InChI=1S/C22H23N3O2/c1-16-7-10-19(11-8-16)24-22(27)18-9-12-21(23-15-18)25-20(13-14-26)17-5-3-2-4-6-17/h2-12,15,20,26H,13-14H2,1H3,(H,23,25)(H,24,27)/t20-/m0/s1. The lowest BCUT2D eigenvalue weighted by molar-refractivity contribution is 0.102. The molecule has 0 bridgehead atoms. The van der Waals surface area contributed by atoms with Crippen LogP contribution in [0, 0.1) is 6.92 Å². The lowest BCUT2D eigenvalue weighted by Crippen LogP contribution is -2.15. The van der Waals surface area contributed by atoms with Gasteiger partial charge >= 0.3 is 0 Å². The maximum absolute atomic E-state index is 12.4. The first-order chi connectivity index (χ1) is 13.2. The molecule has 0 unspecified atom stereocenters. The third-order valence-corrected chi connectivity index (χ3v) is 4.28. The summed E-state index contributed by atoms with van der Waals surface area (Å²) in [5.41, 5.74) is 3.45. The van der Waals surface area contributed by atoms with Crippen LogP contribution in [0.2, 0.25) is 0 Å². The van der Waals surface area contributed by atoms with Crippen molar-refractivity contribution in [3.63, 3.8) is 0 Å². The van der Waals surface area contributed by atoms with Crippen molar-refractivity contribution in [1.29, 1.82) is 0 Å². The van der Waals surface area contributed by atoms with Crippen molar-refractivity contribution in [2.45, 2.75) is 19.4 Å². The van der Waals surface area contributed by atoms with Gasteiger partial charge in [0.2, 0.25) is 0 Å². The van der Waals surface area contributed by atoms with Crippen molar-refractivity contribution in [3.05, 3.63) is 89.6 Å². The molecule has 1 amide bonds. The second-order valence-corrected chi connectivity index (χ2v) is 6.37. The van der Waals surface area contributed by atoms with Crippen LogP contribution in [0.1, 0.15) is 33.9 Å². The van der Waals surface area contributed by atoms with E-state index in [9.17, 15) is 9.90 Å². The SMILES string of the molecule is Cc1ccc(NC(=O)c2ccc(N[C@@H](CCO)c3ccccc3)nc2)cc1. The Labute approximate surface area is 159 Å². The fraction of sp³-hybridized carbons (Fsp3) is 0.182. The first-order valence-electron chi connectivity index (χ1n) is 8.92. The Balaban J connectivity index is 1.66. The largest absolute Gasteiger partial charge is 0.396 e. The summed E-state index contributed by atoms with van der Waals surface area (Å²) < 4.78 is 0. The first-order valence-corrected chi connectivity index (χ1v) is 8.92. The first kappa shape index (κ1) is 18.6. The number of aliphatic hydroxyl groups excluding tert-OH is 1. The van der Waals surface area contributed by atoms with Crippen molar-refractivity contribution in [1.82, 2.24) is 4.98 Å². The number of nitrogens with one attached hydrogen (secondary N) is 2. The van der Waals surface area contributed by atoms with Gasteiger partial charge in [-0.15, -0.1) is 0 Å². The van der Waals surface area contributed by atoms with E-state index in [2.05, 4.69) is 15.6 Å². The summed E-state index contributed by atoms with van der Waals surface area (Å²) >= 11 is 0. The van der Waals surface area contributed by atoms with Gasteiger partial charge in [-0.25, -0.2) is 4.98 Å². The van der Waals surface area contributed by atoms with Crippen LogP contribution in [0.3, 0.4) is 0 Å². The summed E-state index contributed by atoms with van der Waals surface area (Å²) in [6, 6.07) is 21.0. The molecule has 27 heavy (non-hydrogen) atoms. The molecular formula is C22H23N3O2. The number of carbonyl (C=O) groups excluding carboxylic acids is 1. The highest BCUT2D eigenvalue weighted by molar-refractivity contribution is 6.04. The molecule has 3 aromatic rings. The van der Waals surface area contributed by atoms with Gasteiger partial charge in [0.15, 0.2) is 0 Å². The maximum atomic E-state index is 12.4. The Morgan fingerprint density at radius 1 is 1.04 bits per heavy atom. The smallest absolute Gasteiger partial charge is 0.257 e. The zero-order chi connectivity index (χ0) is 19.1. The number of nitrogens with zero attached hydrogens (tertiary/aromatic N) is 1. The molecule has 3 rings (SSSR count). The minimum Gasteiger partial charge on any atom is -0.396 e. The van der Waals surface area contributed by atoms with Gasteiger partial charge in [-0.2, -0.15) is 0 Å². The molecular weight excluding hydrogens is 338 g/mol. The minimum absolute atomic E-state index is 0.0454. The molecule has 0 aliphatic rings. The Hall–Kier alpha value is -3.18. The molecule has 0 radical (unpaired) electrons. The lowest BCUT2D eigenvalue weighted by atomic mass is 10.0. The van der Waals surface area contributed by atoms with Gasteiger partial charge in [0.25, 0.3) is 5.91 Å². The molecule has 0 saturated carbocycles. The van der Waals surface area contributed by atoms with E-state index in [1.807, 2.05) is 61.5 Å². The van der Waals surface area contributed by atoms with E-state index in [1.54, 1.807) is 18.3 Å². The number of aromatic nitrogens is 1. The summed E-state index contributed by atoms with van der Waals surface area (Å²) in [7, 11) is 0. The third kappa shape index (κ3) is 5.15. The van der Waals surface area contributed by atoms with Crippen LogP contribution >= 0.6 is 0 Å². The fourth-order valence-corrected chi connectivity index (χ4v) is 2.77. The number of pyridine rings is 1. The van der Waals surface area contributed by atoms with Gasteiger partial charge in [0, 0.05) is 18.5 Å². The molecule has 0 aliphatic heterocycles. The molecule has 1 heterocycles. The lowest BCUT2D eigenvalue weighted by Gasteiger charge is -2.19. The third-order valence-electron chi connectivity index (χ3n) is 4.28. The van der Waals surface area contributed by atoms with Crippen molar-refractivity contribution >= 4 is 17.4 Å². The van der Waals surface area contributed by atoms with Crippen LogP contribution in [-0.4, -0.2) is 22.6 Å². The normalized spacial score (nSPS) is 11.6. The van der Waals surface area contributed by atoms with Crippen LogP contribution in [0.25, 0.3) is 0 Å². The molecule has 5 nitrogen and oxygen atoms in total. The second kappa shape index (κ2) is 8.96. The highest BCUT2D eigenvalue weighted by atomic mass is 16.3.